The molecule has 0 radical (unpaired) electrons. The first kappa shape index (κ1) is 21.3. The predicted octanol–water partition coefficient (Wildman–Crippen LogP) is 4.84. The van der Waals surface area contributed by atoms with Gasteiger partial charge in [0.2, 0.25) is 5.88 Å². The van der Waals surface area contributed by atoms with Crippen LogP contribution in [0.4, 0.5) is 4.39 Å². The van der Waals surface area contributed by atoms with E-state index in [9.17, 15) is 4.39 Å². The Morgan fingerprint density at radius 3 is 2.82 bits per heavy atom. The van der Waals surface area contributed by atoms with E-state index >= 15 is 0 Å². The second kappa shape index (κ2) is 9.15. The molecule has 170 valence electrons. The van der Waals surface area contributed by atoms with Crippen molar-refractivity contribution < 1.29 is 18.6 Å². The van der Waals surface area contributed by atoms with Gasteiger partial charge in [0, 0.05) is 30.0 Å². The lowest BCUT2D eigenvalue weighted by molar-refractivity contribution is 0.148. The first-order valence-electron chi connectivity index (χ1n) is 11.0. The Labute approximate surface area is 191 Å². The molecule has 8 heteroatoms. The lowest BCUT2D eigenvalue weighted by atomic mass is 9.99. The second-order valence-corrected chi connectivity index (χ2v) is 8.39. The third-order valence-corrected chi connectivity index (χ3v) is 5.92. The van der Waals surface area contributed by atoms with Gasteiger partial charge in [-0.15, -0.1) is 0 Å². The largest absolute Gasteiger partial charge is 0.493 e. The average molecular weight is 448 g/mol. The number of hydrogen-bond donors (Lipinski definition) is 0. The second-order valence-electron chi connectivity index (χ2n) is 8.39. The van der Waals surface area contributed by atoms with E-state index in [0.29, 0.717) is 57.5 Å². The molecule has 0 saturated carbocycles. The summed E-state index contributed by atoms with van der Waals surface area (Å²) < 4.78 is 31.2. The molecular formula is C25H25FN4O3. The molecule has 0 N–H and O–H groups in total. The number of pyridine rings is 1. The fraction of sp³-hybridized carbons (Fsp3) is 0.320. The van der Waals surface area contributed by atoms with Gasteiger partial charge in [-0.05, 0) is 50.7 Å². The van der Waals surface area contributed by atoms with Gasteiger partial charge in [0.25, 0.3) is 0 Å². The van der Waals surface area contributed by atoms with E-state index in [1.54, 1.807) is 25.3 Å². The maximum atomic E-state index is 13.4. The molecule has 3 heterocycles. The topological polar surface area (TPSA) is 69.6 Å². The van der Waals surface area contributed by atoms with Crippen molar-refractivity contribution in [3.63, 3.8) is 0 Å². The molecule has 1 aliphatic heterocycles. The fourth-order valence-corrected chi connectivity index (χ4v) is 4.26. The quantitative estimate of drug-likeness (QED) is 0.418. The maximum Gasteiger partial charge on any atom is 0.230 e. The zero-order valence-corrected chi connectivity index (χ0v) is 18.6. The zero-order chi connectivity index (χ0) is 22.8. The minimum absolute atomic E-state index is 0.376. The average Bonchev–Trinajstić information content (AvgIpc) is 2.82. The molecule has 0 aliphatic carbocycles. The Bertz CT molecular complexity index is 1300. The SMILES string of the molecule is COc1cc2c(Oc3ccc4cc(F)cnc4c3)ncnc2cc1OCC1CCCN(C)C1. The van der Waals surface area contributed by atoms with Crippen molar-refractivity contribution in [2.45, 2.75) is 12.8 Å². The van der Waals surface area contributed by atoms with E-state index in [2.05, 4.69) is 26.9 Å². The highest BCUT2D eigenvalue weighted by molar-refractivity contribution is 5.87. The molecule has 33 heavy (non-hydrogen) atoms. The van der Waals surface area contributed by atoms with Crippen LogP contribution in [0.25, 0.3) is 21.8 Å². The molecule has 0 bridgehead atoms. The molecule has 5 rings (SSSR count). The Morgan fingerprint density at radius 2 is 1.97 bits per heavy atom. The van der Waals surface area contributed by atoms with Crippen LogP contribution in [0.2, 0.25) is 0 Å². The van der Waals surface area contributed by atoms with Crippen LogP contribution in [0.5, 0.6) is 23.1 Å². The maximum absolute atomic E-state index is 13.4. The van der Waals surface area contributed by atoms with Gasteiger partial charge in [-0.1, -0.05) is 0 Å². The normalized spacial score (nSPS) is 16.8. The number of hydrogen-bond acceptors (Lipinski definition) is 7. The minimum Gasteiger partial charge on any atom is -0.493 e. The highest BCUT2D eigenvalue weighted by Crippen LogP contribution is 2.36. The van der Waals surface area contributed by atoms with Crippen molar-refractivity contribution in [2.75, 3.05) is 33.9 Å². The zero-order valence-electron chi connectivity index (χ0n) is 18.6. The van der Waals surface area contributed by atoms with Gasteiger partial charge in [0.1, 0.15) is 17.9 Å². The minimum atomic E-state index is -0.376. The number of methoxy groups -OCH3 is 1. The van der Waals surface area contributed by atoms with Crippen molar-refractivity contribution >= 4 is 21.8 Å². The van der Waals surface area contributed by atoms with Crippen molar-refractivity contribution in [1.29, 1.82) is 0 Å². The Balaban J connectivity index is 1.41. The number of rotatable bonds is 6. The summed E-state index contributed by atoms with van der Waals surface area (Å²) in [6.07, 6.45) is 4.99. The molecule has 1 aliphatic rings. The van der Waals surface area contributed by atoms with Gasteiger partial charge in [-0.25, -0.2) is 14.4 Å². The summed E-state index contributed by atoms with van der Waals surface area (Å²) in [5.74, 6) is 2.30. The van der Waals surface area contributed by atoms with Crippen LogP contribution in [0.1, 0.15) is 12.8 Å². The first-order valence-corrected chi connectivity index (χ1v) is 11.0. The van der Waals surface area contributed by atoms with Gasteiger partial charge >= 0.3 is 0 Å². The molecule has 1 atom stereocenters. The lowest BCUT2D eigenvalue weighted by Gasteiger charge is -2.29. The van der Waals surface area contributed by atoms with Crippen molar-refractivity contribution in [3.8, 4) is 23.1 Å². The van der Waals surface area contributed by atoms with Crippen LogP contribution in [0.3, 0.4) is 0 Å². The molecule has 2 aromatic heterocycles. The van der Waals surface area contributed by atoms with Crippen LogP contribution >= 0.6 is 0 Å². The number of likely N-dealkylation sites (tertiary alicyclic amines) is 1. The van der Waals surface area contributed by atoms with Gasteiger partial charge < -0.3 is 19.1 Å². The van der Waals surface area contributed by atoms with Crippen LogP contribution in [0.15, 0.2) is 48.9 Å². The summed E-state index contributed by atoms with van der Waals surface area (Å²) in [7, 11) is 3.76. The van der Waals surface area contributed by atoms with E-state index in [1.807, 2.05) is 12.1 Å². The number of ether oxygens (including phenoxy) is 3. The van der Waals surface area contributed by atoms with E-state index in [4.69, 9.17) is 14.2 Å². The number of halogens is 1. The van der Waals surface area contributed by atoms with Crippen molar-refractivity contribution in [1.82, 2.24) is 19.9 Å². The molecule has 7 nitrogen and oxygen atoms in total. The van der Waals surface area contributed by atoms with Gasteiger partial charge in [0.15, 0.2) is 11.5 Å². The van der Waals surface area contributed by atoms with E-state index in [1.165, 1.54) is 25.0 Å². The van der Waals surface area contributed by atoms with Crippen LogP contribution in [-0.4, -0.2) is 53.7 Å². The molecule has 0 spiro atoms. The summed E-state index contributed by atoms with van der Waals surface area (Å²) in [5.41, 5.74) is 1.33. The summed E-state index contributed by atoms with van der Waals surface area (Å²) >= 11 is 0. The smallest absolute Gasteiger partial charge is 0.230 e. The molecular weight excluding hydrogens is 423 g/mol. The van der Waals surface area contributed by atoms with E-state index in [0.717, 1.165) is 19.5 Å². The predicted molar refractivity (Wildman–Crippen MR) is 124 cm³/mol. The highest BCUT2D eigenvalue weighted by Gasteiger charge is 2.19. The van der Waals surface area contributed by atoms with Gasteiger partial charge in [-0.3, -0.25) is 4.98 Å². The number of aromatic nitrogens is 3. The third kappa shape index (κ3) is 4.66. The highest BCUT2D eigenvalue weighted by atomic mass is 19.1. The van der Waals surface area contributed by atoms with Gasteiger partial charge in [-0.2, -0.15) is 0 Å². The summed E-state index contributed by atoms with van der Waals surface area (Å²) in [4.78, 5) is 15.2. The number of fused-ring (bicyclic) bond motifs is 2. The third-order valence-electron chi connectivity index (χ3n) is 5.92. The van der Waals surface area contributed by atoms with E-state index < -0.39 is 0 Å². The molecule has 1 fully saturated rings. The number of benzene rings is 2. The van der Waals surface area contributed by atoms with Crippen molar-refractivity contribution in [2.24, 2.45) is 5.92 Å². The van der Waals surface area contributed by atoms with Crippen LogP contribution in [-0.2, 0) is 0 Å². The number of piperidine rings is 1. The lowest BCUT2D eigenvalue weighted by Crippen LogP contribution is -2.34. The Morgan fingerprint density at radius 1 is 1.06 bits per heavy atom. The Hall–Kier alpha value is -3.52. The first-order chi connectivity index (χ1) is 16.1. The van der Waals surface area contributed by atoms with Crippen LogP contribution in [0, 0.1) is 11.7 Å². The van der Waals surface area contributed by atoms with Crippen molar-refractivity contribution in [3.05, 3.63) is 54.7 Å². The molecule has 4 aromatic rings. The van der Waals surface area contributed by atoms with E-state index in [-0.39, 0.29) is 5.82 Å². The number of nitrogens with zero attached hydrogens (tertiary/aromatic N) is 4. The van der Waals surface area contributed by atoms with Crippen LogP contribution < -0.4 is 14.2 Å². The summed E-state index contributed by atoms with van der Waals surface area (Å²) in [5, 5.41) is 1.40. The standard InChI is InChI=1S/C25H25FN4O3/c1-30-7-3-4-16(13-30)14-32-24-11-22-20(10-23(24)31-2)25(29-15-28-22)33-19-6-5-17-8-18(26)12-27-21(17)9-19/h5-6,8-12,15-16H,3-4,7,13-14H2,1-2H3. The molecule has 1 unspecified atom stereocenters. The monoisotopic (exact) mass is 448 g/mol. The molecule has 1 saturated heterocycles. The van der Waals surface area contributed by atoms with Gasteiger partial charge in [0.05, 0.1) is 36.3 Å². The summed E-state index contributed by atoms with van der Waals surface area (Å²) in [6.45, 7) is 2.80. The molecule has 2 aromatic carbocycles. The fourth-order valence-electron chi connectivity index (χ4n) is 4.26. The Kier molecular flexibility index (Phi) is 5.92. The molecule has 0 amide bonds. The summed E-state index contributed by atoms with van der Waals surface area (Å²) in [6, 6.07) is 10.4.